The fourth-order valence-corrected chi connectivity index (χ4v) is 2.00. The quantitative estimate of drug-likeness (QED) is 0.599. The smallest absolute Gasteiger partial charge is 0.339 e. The molecule has 0 spiro atoms. The van der Waals surface area contributed by atoms with Crippen LogP contribution in [-0.4, -0.2) is 40.8 Å². The molecule has 1 heterocycles. The Kier molecular flexibility index (Phi) is 3.91. The third-order valence-corrected chi connectivity index (χ3v) is 3.32. The number of phenols is 1. The van der Waals surface area contributed by atoms with E-state index in [1.165, 1.54) is 18.2 Å². The van der Waals surface area contributed by atoms with Crippen molar-refractivity contribution in [3.63, 3.8) is 0 Å². The molecule has 0 unspecified atom stereocenters. The van der Waals surface area contributed by atoms with E-state index < -0.39 is 11.5 Å². The molecule has 0 saturated carbocycles. The number of carboxylic acid groups (broad SMARTS) is 1. The molecule has 1 aromatic rings. The average molecular weight is 280 g/mol. The molecule has 1 saturated heterocycles. The van der Waals surface area contributed by atoms with E-state index in [0.29, 0.717) is 26.1 Å². The predicted molar refractivity (Wildman–Crippen MR) is 70.7 cm³/mol. The monoisotopic (exact) mass is 280 g/mol. The summed E-state index contributed by atoms with van der Waals surface area (Å²) in [5.41, 5.74) is 5.01. The van der Waals surface area contributed by atoms with Gasteiger partial charge in [-0.3, -0.25) is 4.79 Å². The average Bonchev–Trinajstić information content (AvgIpc) is 2.41. The van der Waals surface area contributed by atoms with Crippen LogP contribution in [0.4, 0.5) is 5.69 Å². The van der Waals surface area contributed by atoms with Gasteiger partial charge in [-0.25, -0.2) is 4.79 Å². The first kappa shape index (κ1) is 14.3. The Labute approximate surface area is 115 Å². The molecule has 7 nitrogen and oxygen atoms in total. The first-order valence-corrected chi connectivity index (χ1v) is 6.17. The van der Waals surface area contributed by atoms with Crippen LogP contribution in [0.3, 0.4) is 0 Å². The molecular weight excluding hydrogens is 264 g/mol. The standard InChI is InChI=1S/C13H16N2O5/c14-13(3-5-20-6-4-13)12(19)15-8-1-2-10(16)9(7-8)11(17)18/h1-2,7,16H,3-6,14H2,(H,15,19)(H,17,18). The highest BCUT2D eigenvalue weighted by molar-refractivity contribution is 5.99. The number of amides is 1. The molecule has 0 bridgehead atoms. The number of nitrogens with two attached hydrogens (primary N) is 1. The van der Waals surface area contributed by atoms with E-state index in [2.05, 4.69) is 5.32 Å². The van der Waals surface area contributed by atoms with Gasteiger partial charge in [-0.1, -0.05) is 0 Å². The molecule has 0 aromatic heterocycles. The molecule has 2 rings (SSSR count). The zero-order valence-electron chi connectivity index (χ0n) is 10.8. The van der Waals surface area contributed by atoms with E-state index in [4.69, 9.17) is 15.6 Å². The number of carbonyl (C=O) groups is 2. The van der Waals surface area contributed by atoms with E-state index in [1.807, 2.05) is 0 Å². The second-order valence-electron chi connectivity index (χ2n) is 4.76. The molecule has 108 valence electrons. The SMILES string of the molecule is NC1(C(=O)Nc2ccc(O)c(C(=O)O)c2)CCOCC1. The minimum atomic E-state index is -1.27. The van der Waals surface area contributed by atoms with Gasteiger partial charge in [-0.15, -0.1) is 0 Å². The maximum Gasteiger partial charge on any atom is 0.339 e. The summed E-state index contributed by atoms with van der Waals surface area (Å²) in [5, 5.41) is 20.9. The van der Waals surface area contributed by atoms with Crippen molar-refractivity contribution in [3.05, 3.63) is 23.8 Å². The third kappa shape index (κ3) is 2.89. The molecular formula is C13H16N2O5. The minimum absolute atomic E-state index is 0.277. The lowest BCUT2D eigenvalue weighted by atomic mass is 9.90. The van der Waals surface area contributed by atoms with E-state index in [-0.39, 0.29) is 22.9 Å². The van der Waals surface area contributed by atoms with Gasteiger partial charge in [-0.05, 0) is 31.0 Å². The Balaban J connectivity index is 2.15. The number of rotatable bonds is 3. The van der Waals surface area contributed by atoms with Crippen LogP contribution >= 0.6 is 0 Å². The lowest BCUT2D eigenvalue weighted by Crippen LogP contribution is -2.54. The Morgan fingerprint density at radius 3 is 2.55 bits per heavy atom. The summed E-state index contributed by atoms with van der Waals surface area (Å²) in [4.78, 5) is 23.1. The molecule has 0 aliphatic carbocycles. The van der Waals surface area contributed by atoms with Crippen molar-refractivity contribution >= 4 is 17.6 Å². The minimum Gasteiger partial charge on any atom is -0.507 e. The summed E-state index contributed by atoms with van der Waals surface area (Å²) < 4.78 is 5.16. The maximum absolute atomic E-state index is 12.2. The van der Waals surface area contributed by atoms with Crippen molar-refractivity contribution in [2.45, 2.75) is 18.4 Å². The lowest BCUT2D eigenvalue weighted by molar-refractivity contribution is -0.124. The third-order valence-electron chi connectivity index (χ3n) is 3.32. The largest absolute Gasteiger partial charge is 0.507 e. The van der Waals surface area contributed by atoms with Crippen molar-refractivity contribution in [1.29, 1.82) is 0 Å². The van der Waals surface area contributed by atoms with Crippen LogP contribution < -0.4 is 11.1 Å². The summed E-state index contributed by atoms with van der Waals surface area (Å²) in [6.45, 7) is 0.833. The summed E-state index contributed by atoms with van der Waals surface area (Å²) in [7, 11) is 0. The van der Waals surface area contributed by atoms with Crippen LogP contribution in [0, 0.1) is 0 Å². The van der Waals surface area contributed by atoms with Crippen molar-refractivity contribution in [2.75, 3.05) is 18.5 Å². The van der Waals surface area contributed by atoms with Crippen LogP contribution in [0.2, 0.25) is 0 Å². The van der Waals surface area contributed by atoms with Crippen molar-refractivity contribution in [2.24, 2.45) is 5.73 Å². The van der Waals surface area contributed by atoms with Gasteiger partial charge in [0.1, 0.15) is 16.9 Å². The Morgan fingerprint density at radius 1 is 1.30 bits per heavy atom. The van der Waals surface area contributed by atoms with Gasteiger partial charge in [0.2, 0.25) is 5.91 Å². The molecule has 0 radical (unpaired) electrons. The van der Waals surface area contributed by atoms with Gasteiger partial charge in [0.15, 0.2) is 0 Å². The maximum atomic E-state index is 12.2. The second-order valence-corrected chi connectivity index (χ2v) is 4.76. The number of anilines is 1. The summed E-state index contributed by atoms with van der Waals surface area (Å²) in [5.74, 6) is -2.01. The molecule has 1 amide bonds. The van der Waals surface area contributed by atoms with Crippen LogP contribution in [0.1, 0.15) is 23.2 Å². The first-order chi connectivity index (χ1) is 9.42. The summed E-state index contributed by atoms with van der Waals surface area (Å²) >= 11 is 0. The van der Waals surface area contributed by atoms with Gasteiger partial charge in [0.25, 0.3) is 0 Å². The Morgan fingerprint density at radius 2 is 1.95 bits per heavy atom. The van der Waals surface area contributed by atoms with Gasteiger partial charge >= 0.3 is 5.97 Å². The zero-order valence-corrected chi connectivity index (χ0v) is 10.8. The number of hydrogen-bond donors (Lipinski definition) is 4. The number of hydrogen-bond acceptors (Lipinski definition) is 5. The van der Waals surface area contributed by atoms with Gasteiger partial charge in [0.05, 0.1) is 0 Å². The van der Waals surface area contributed by atoms with Crippen molar-refractivity contribution in [1.82, 2.24) is 0 Å². The summed E-state index contributed by atoms with van der Waals surface area (Å²) in [6, 6.07) is 3.83. The van der Waals surface area contributed by atoms with Crippen LogP contribution in [0.5, 0.6) is 5.75 Å². The molecule has 1 aliphatic heterocycles. The van der Waals surface area contributed by atoms with E-state index in [9.17, 15) is 14.7 Å². The van der Waals surface area contributed by atoms with Crippen molar-refractivity contribution in [3.8, 4) is 5.75 Å². The number of ether oxygens (including phenoxy) is 1. The molecule has 1 aromatic carbocycles. The topological polar surface area (TPSA) is 122 Å². The van der Waals surface area contributed by atoms with Gasteiger partial charge in [-0.2, -0.15) is 0 Å². The molecule has 7 heteroatoms. The first-order valence-electron chi connectivity index (χ1n) is 6.17. The number of carbonyl (C=O) groups excluding carboxylic acids is 1. The molecule has 1 aliphatic rings. The van der Waals surface area contributed by atoms with Crippen LogP contribution in [-0.2, 0) is 9.53 Å². The van der Waals surface area contributed by atoms with Gasteiger partial charge < -0.3 is 26.0 Å². The van der Waals surface area contributed by atoms with Gasteiger partial charge in [0, 0.05) is 18.9 Å². The van der Waals surface area contributed by atoms with E-state index >= 15 is 0 Å². The van der Waals surface area contributed by atoms with E-state index in [1.54, 1.807) is 0 Å². The number of carboxylic acids is 1. The fourth-order valence-electron chi connectivity index (χ4n) is 2.00. The number of benzene rings is 1. The van der Waals surface area contributed by atoms with Crippen LogP contribution in [0.15, 0.2) is 18.2 Å². The molecule has 5 N–H and O–H groups in total. The molecule has 20 heavy (non-hydrogen) atoms. The van der Waals surface area contributed by atoms with Crippen molar-refractivity contribution < 1.29 is 24.5 Å². The second kappa shape index (κ2) is 5.48. The molecule has 0 atom stereocenters. The normalized spacial score (nSPS) is 17.4. The Bertz CT molecular complexity index is 538. The Hall–Kier alpha value is -2.12. The highest BCUT2D eigenvalue weighted by atomic mass is 16.5. The fraction of sp³-hybridized carbons (Fsp3) is 0.385. The number of aromatic carboxylic acids is 1. The predicted octanol–water partition coefficient (Wildman–Crippen LogP) is 0.537. The van der Waals surface area contributed by atoms with Crippen LogP contribution in [0.25, 0.3) is 0 Å². The summed E-state index contributed by atoms with van der Waals surface area (Å²) in [6.07, 6.45) is 0.811. The lowest BCUT2D eigenvalue weighted by Gasteiger charge is -2.31. The number of nitrogens with one attached hydrogen (secondary N) is 1. The van der Waals surface area contributed by atoms with E-state index in [0.717, 1.165) is 0 Å². The number of aromatic hydroxyl groups is 1. The molecule has 1 fully saturated rings. The highest BCUT2D eigenvalue weighted by Gasteiger charge is 2.36. The highest BCUT2D eigenvalue weighted by Crippen LogP contribution is 2.24. The zero-order chi connectivity index (χ0) is 14.8.